The Morgan fingerprint density at radius 3 is 2.56 bits per heavy atom. The first kappa shape index (κ1) is 21.9. The van der Waals surface area contributed by atoms with E-state index in [0.717, 1.165) is 36.2 Å². The Bertz CT molecular complexity index is 1040. The zero-order valence-corrected chi connectivity index (χ0v) is 19.1. The van der Waals surface area contributed by atoms with Crippen LogP contribution in [0.25, 0.3) is 0 Å². The molecule has 0 spiro atoms. The number of aryl methyl sites for hydroxylation is 1. The number of likely N-dealkylation sites (N-methyl/N-ethyl adjacent to an activating group) is 1. The molecule has 4 rings (SSSR count). The van der Waals surface area contributed by atoms with Crippen molar-refractivity contribution in [3.8, 4) is 11.5 Å². The third-order valence-corrected chi connectivity index (χ3v) is 6.40. The fourth-order valence-electron chi connectivity index (χ4n) is 4.32. The first-order chi connectivity index (χ1) is 15.4. The molecular formula is C24H30N4O4. The summed E-state index contributed by atoms with van der Waals surface area (Å²) in [7, 11) is 6.86. The molecule has 2 amide bonds. The SMILES string of the molecule is COc1ccc(OC)c([C@H]2CC(c3cccn3C)=NN2C(=O)CN(C)C(=O)C2CCC2)c1. The van der Waals surface area contributed by atoms with E-state index in [1.54, 1.807) is 21.3 Å². The fourth-order valence-corrected chi connectivity index (χ4v) is 4.32. The van der Waals surface area contributed by atoms with Crippen LogP contribution in [0.3, 0.4) is 0 Å². The molecule has 32 heavy (non-hydrogen) atoms. The molecule has 8 heteroatoms. The van der Waals surface area contributed by atoms with Crippen LogP contribution >= 0.6 is 0 Å². The maximum atomic E-state index is 13.4. The van der Waals surface area contributed by atoms with Crippen LogP contribution in [0.4, 0.5) is 0 Å². The Hall–Kier alpha value is -3.29. The zero-order valence-electron chi connectivity index (χ0n) is 19.1. The highest BCUT2D eigenvalue weighted by molar-refractivity contribution is 6.02. The topological polar surface area (TPSA) is 76.4 Å². The summed E-state index contributed by atoms with van der Waals surface area (Å²) >= 11 is 0. The molecular weight excluding hydrogens is 408 g/mol. The van der Waals surface area contributed by atoms with Gasteiger partial charge in [0.2, 0.25) is 5.91 Å². The average Bonchev–Trinajstić information content (AvgIpc) is 3.38. The third-order valence-electron chi connectivity index (χ3n) is 6.40. The molecule has 1 saturated carbocycles. The number of hydrogen-bond donors (Lipinski definition) is 0. The number of carbonyl (C=O) groups excluding carboxylic acids is 2. The van der Waals surface area contributed by atoms with Crippen LogP contribution in [0.15, 0.2) is 41.6 Å². The number of nitrogens with zero attached hydrogens (tertiary/aromatic N) is 4. The van der Waals surface area contributed by atoms with Crippen molar-refractivity contribution in [3.05, 3.63) is 47.8 Å². The van der Waals surface area contributed by atoms with Crippen molar-refractivity contribution >= 4 is 17.5 Å². The summed E-state index contributed by atoms with van der Waals surface area (Å²) in [5, 5.41) is 6.22. The van der Waals surface area contributed by atoms with Crippen molar-refractivity contribution < 1.29 is 19.1 Å². The molecule has 0 radical (unpaired) electrons. The van der Waals surface area contributed by atoms with Gasteiger partial charge in [-0.1, -0.05) is 6.42 Å². The van der Waals surface area contributed by atoms with E-state index in [4.69, 9.17) is 14.6 Å². The maximum absolute atomic E-state index is 13.4. The summed E-state index contributed by atoms with van der Waals surface area (Å²) in [5.41, 5.74) is 2.58. The van der Waals surface area contributed by atoms with Crippen LogP contribution in [0, 0.1) is 5.92 Å². The van der Waals surface area contributed by atoms with Gasteiger partial charge in [0.05, 0.1) is 31.7 Å². The van der Waals surface area contributed by atoms with Gasteiger partial charge in [-0.3, -0.25) is 9.59 Å². The van der Waals surface area contributed by atoms with Crippen LogP contribution in [0.2, 0.25) is 0 Å². The smallest absolute Gasteiger partial charge is 0.262 e. The first-order valence-corrected chi connectivity index (χ1v) is 10.9. The van der Waals surface area contributed by atoms with E-state index in [2.05, 4.69) is 0 Å². The second-order valence-corrected chi connectivity index (χ2v) is 8.44. The number of hydrogen-bond acceptors (Lipinski definition) is 5. The average molecular weight is 439 g/mol. The molecule has 0 unspecified atom stereocenters. The van der Waals surface area contributed by atoms with E-state index in [1.807, 2.05) is 48.1 Å². The summed E-state index contributed by atoms with van der Waals surface area (Å²) in [6, 6.07) is 9.13. The fraction of sp³-hybridized carbons (Fsp3) is 0.458. The first-order valence-electron chi connectivity index (χ1n) is 10.9. The van der Waals surface area contributed by atoms with Gasteiger partial charge in [-0.25, -0.2) is 5.01 Å². The number of carbonyl (C=O) groups is 2. The number of aromatic nitrogens is 1. The normalized spacial score (nSPS) is 18.2. The number of methoxy groups -OCH3 is 2. The molecule has 2 aromatic rings. The highest BCUT2D eigenvalue weighted by Crippen LogP contribution is 2.39. The van der Waals surface area contributed by atoms with Crippen molar-refractivity contribution in [2.75, 3.05) is 27.8 Å². The van der Waals surface area contributed by atoms with Crippen molar-refractivity contribution in [1.29, 1.82) is 0 Å². The Balaban J connectivity index is 1.65. The number of benzene rings is 1. The van der Waals surface area contributed by atoms with Gasteiger partial charge in [-0.15, -0.1) is 0 Å². The Morgan fingerprint density at radius 1 is 1.19 bits per heavy atom. The van der Waals surface area contributed by atoms with Crippen molar-refractivity contribution in [1.82, 2.24) is 14.5 Å². The van der Waals surface area contributed by atoms with Gasteiger partial charge in [0.15, 0.2) is 0 Å². The van der Waals surface area contributed by atoms with Crippen LogP contribution in [0.5, 0.6) is 11.5 Å². The van der Waals surface area contributed by atoms with Crippen LogP contribution in [-0.2, 0) is 16.6 Å². The van der Waals surface area contributed by atoms with Gasteiger partial charge in [-0.05, 0) is 43.2 Å². The Labute approximate surface area is 188 Å². The van der Waals surface area contributed by atoms with Gasteiger partial charge in [0.1, 0.15) is 18.0 Å². The zero-order chi connectivity index (χ0) is 22.8. The number of hydrazone groups is 1. The van der Waals surface area contributed by atoms with E-state index < -0.39 is 0 Å². The maximum Gasteiger partial charge on any atom is 0.262 e. The molecule has 0 bridgehead atoms. The number of amides is 2. The molecule has 1 atom stereocenters. The predicted molar refractivity (Wildman–Crippen MR) is 121 cm³/mol. The lowest BCUT2D eigenvalue weighted by molar-refractivity contribution is -0.144. The highest BCUT2D eigenvalue weighted by Gasteiger charge is 2.37. The summed E-state index contributed by atoms with van der Waals surface area (Å²) in [5.74, 6) is 1.20. The van der Waals surface area contributed by atoms with Crippen LogP contribution in [-0.4, -0.2) is 59.8 Å². The minimum Gasteiger partial charge on any atom is -0.497 e. The predicted octanol–water partition coefficient (Wildman–Crippen LogP) is 2.98. The minimum absolute atomic E-state index is 0.0119. The lowest BCUT2D eigenvalue weighted by Gasteiger charge is -2.30. The quantitative estimate of drug-likeness (QED) is 0.666. The van der Waals surface area contributed by atoms with Crippen LogP contribution in [0.1, 0.15) is 43.0 Å². The molecule has 1 fully saturated rings. The molecule has 2 aliphatic rings. The molecule has 1 aliphatic heterocycles. The number of rotatable bonds is 7. The minimum atomic E-state index is -0.357. The molecule has 170 valence electrons. The largest absolute Gasteiger partial charge is 0.497 e. The molecule has 1 aliphatic carbocycles. The molecule has 8 nitrogen and oxygen atoms in total. The highest BCUT2D eigenvalue weighted by atomic mass is 16.5. The second kappa shape index (κ2) is 9.06. The van der Waals surface area contributed by atoms with E-state index in [-0.39, 0.29) is 30.3 Å². The monoisotopic (exact) mass is 438 g/mol. The lowest BCUT2D eigenvalue weighted by atomic mass is 9.84. The Kier molecular flexibility index (Phi) is 6.21. The van der Waals surface area contributed by atoms with Crippen LogP contribution < -0.4 is 9.47 Å². The summed E-state index contributed by atoms with van der Waals surface area (Å²) < 4.78 is 13.0. The molecule has 0 N–H and O–H groups in total. The van der Waals surface area contributed by atoms with E-state index >= 15 is 0 Å². The summed E-state index contributed by atoms with van der Waals surface area (Å²) in [6.07, 6.45) is 5.37. The summed E-state index contributed by atoms with van der Waals surface area (Å²) in [4.78, 5) is 27.5. The van der Waals surface area contributed by atoms with E-state index in [0.29, 0.717) is 17.9 Å². The van der Waals surface area contributed by atoms with Gasteiger partial charge in [-0.2, -0.15) is 5.10 Å². The van der Waals surface area contributed by atoms with E-state index in [1.165, 1.54) is 9.91 Å². The second-order valence-electron chi connectivity index (χ2n) is 8.44. The number of ether oxygens (including phenoxy) is 2. The lowest BCUT2D eigenvalue weighted by Crippen LogP contribution is -2.42. The Morgan fingerprint density at radius 2 is 1.97 bits per heavy atom. The molecule has 1 aromatic carbocycles. The van der Waals surface area contributed by atoms with Crippen molar-refractivity contribution in [2.24, 2.45) is 18.1 Å². The van der Waals surface area contributed by atoms with Crippen molar-refractivity contribution in [2.45, 2.75) is 31.7 Å². The third kappa shape index (κ3) is 4.09. The molecule has 0 saturated heterocycles. The molecule has 2 heterocycles. The van der Waals surface area contributed by atoms with Gasteiger partial charge in [0.25, 0.3) is 5.91 Å². The molecule has 1 aromatic heterocycles. The van der Waals surface area contributed by atoms with E-state index in [9.17, 15) is 9.59 Å². The van der Waals surface area contributed by atoms with Gasteiger partial charge in [0, 0.05) is 38.2 Å². The van der Waals surface area contributed by atoms with Gasteiger partial charge >= 0.3 is 0 Å². The van der Waals surface area contributed by atoms with Crippen molar-refractivity contribution in [3.63, 3.8) is 0 Å². The summed E-state index contributed by atoms with van der Waals surface area (Å²) in [6.45, 7) is -0.0119. The standard InChI is InChI=1S/C24H30N4O4/c1-26-12-6-9-20(26)19-14-21(18-13-17(31-3)10-11-22(18)32-4)28(25-19)23(29)15-27(2)24(30)16-7-5-8-16/h6,9-13,16,21H,5,7-8,14-15H2,1-4H3/t21-/m1/s1. The van der Waals surface area contributed by atoms with Gasteiger partial charge < -0.3 is 18.9 Å².